The zero-order valence-corrected chi connectivity index (χ0v) is 15.9. The maximum atomic E-state index is 14.7. The summed E-state index contributed by atoms with van der Waals surface area (Å²) in [5, 5.41) is 2.64. The lowest BCUT2D eigenvalue weighted by atomic mass is 10.2. The van der Waals surface area contributed by atoms with E-state index in [1.807, 2.05) is 0 Å². The van der Waals surface area contributed by atoms with E-state index in [2.05, 4.69) is 5.32 Å². The highest BCUT2D eigenvalue weighted by Crippen LogP contribution is 2.26. The van der Waals surface area contributed by atoms with Crippen molar-refractivity contribution >= 4 is 17.7 Å². The molecule has 3 rings (SSSR count). The van der Waals surface area contributed by atoms with E-state index in [0.717, 1.165) is 0 Å². The van der Waals surface area contributed by atoms with Gasteiger partial charge in [0.1, 0.15) is 11.4 Å². The lowest BCUT2D eigenvalue weighted by Crippen LogP contribution is -2.40. The number of ether oxygens (including phenoxy) is 1. The van der Waals surface area contributed by atoms with Gasteiger partial charge in [-0.3, -0.25) is 14.2 Å². The summed E-state index contributed by atoms with van der Waals surface area (Å²) >= 11 is 0. The Bertz CT molecular complexity index is 964. The number of nitrogens with zero attached hydrogens (tertiary/aromatic N) is 2. The van der Waals surface area contributed by atoms with Gasteiger partial charge in [0.2, 0.25) is 5.91 Å². The SMILES string of the molecule is CC(C)(C)OC(=O)NC1CC(=O)N(c2ccc(-n3ccccc3=O)cc2F)C1. The molecule has 0 aliphatic carbocycles. The molecular formula is C20H22FN3O4. The molecule has 28 heavy (non-hydrogen) atoms. The zero-order valence-electron chi connectivity index (χ0n) is 15.9. The van der Waals surface area contributed by atoms with Gasteiger partial charge in [-0.1, -0.05) is 6.07 Å². The van der Waals surface area contributed by atoms with Gasteiger partial charge in [-0.15, -0.1) is 0 Å². The van der Waals surface area contributed by atoms with Crippen LogP contribution < -0.4 is 15.8 Å². The standard InChI is InChI=1S/C20H22FN3O4/c1-20(2,3)28-19(27)22-13-10-18(26)24(12-13)16-8-7-14(11-15(16)21)23-9-5-4-6-17(23)25/h4-9,11,13H,10,12H2,1-3H3,(H,22,27). The third kappa shape index (κ3) is 4.39. The summed E-state index contributed by atoms with van der Waals surface area (Å²) in [6, 6.07) is 8.41. The first-order chi connectivity index (χ1) is 13.1. The highest BCUT2D eigenvalue weighted by molar-refractivity contribution is 5.96. The van der Waals surface area contributed by atoms with E-state index in [0.29, 0.717) is 5.69 Å². The van der Waals surface area contributed by atoms with Crippen LogP contribution in [0.15, 0.2) is 47.4 Å². The van der Waals surface area contributed by atoms with Gasteiger partial charge < -0.3 is 15.0 Å². The quantitative estimate of drug-likeness (QED) is 0.878. The maximum absolute atomic E-state index is 14.7. The third-order valence-electron chi connectivity index (χ3n) is 4.17. The molecular weight excluding hydrogens is 365 g/mol. The Hall–Kier alpha value is -3.16. The second-order valence-corrected chi connectivity index (χ2v) is 7.60. The smallest absolute Gasteiger partial charge is 0.407 e. The molecule has 0 spiro atoms. The Morgan fingerprint density at radius 2 is 1.96 bits per heavy atom. The van der Waals surface area contributed by atoms with Crippen molar-refractivity contribution in [2.75, 3.05) is 11.4 Å². The fraction of sp³-hybridized carbons (Fsp3) is 0.350. The Balaban J connectivity index is 1.75. The molecule has 1 aliphatic rings. The van der Waals surface area contributed by atoms with E-state index in [-0.39, 0.29) is 30.1 Å². The first-order valence-electron chi connectivity index (χ1n) is 8.91. The number of carbonyl (C=O) groups is 2. The first-order valence-corrected chi connectivity index (χ1v) is 8.91. The second-order valence-electron chi connectivity index (χ2n) is 7.60. The van der Waals surface area contributed by atoms with Crippen molar-refractivity contribution < 1.29 is 18.7 Å². The van der Waals surface area contributed by atoms with E-state index < -0.39 is 23.6 Å². The molecule has 7 nitrogen and oxygen atoms in total. The Morgan fingerprint density at radius 3 is 2.61 bits per heavy atom. The fourth-order valence-electron chi connectivity index (χ4n) is 3.02. The summed E-state index contributed by atoms with van der Waals surface area (Å²) < 4.78 is 21.2. The number of carbonyl (C=O) groups excluding carboxylic acids is 2. The van der Waals surface area contributed by atoms with E-state index in [4.69, 9.17) is 4.74 Å². The second kappa shape index (κ2) is 7.46. The van der Waals surface area contributed by atoms with Crippen LogP contribution >= 0.6 is 0 Å². The molecule has 8 heteroatoms. The van der Waals surface area contributed by atoms with E-state index >= 15 is 0 Å². The number of anilines is 1. The van der Waals surface area contributed by atoms with Crippen molar-refractivity contribution in [3.8, 4) is 5.69 Å². The summed E-state index contributed by atoms with van der Waals surface area (Å²) in [5.41, 5.74) is -0.467. The minimum Gasteiger partial charge on any atom is -0.444 e. The normalized spacial score (nSPS) is 16.9. The summed E-state index contributed by atoms with van der Waals surface area (Å²) in [7, 11) is 0. The topological polar surface area (TPSA) is 80.6 Å². The summed E-state index contributed by atoms with van der Waals surface area (Å²) in [6.45, 7) is 5.37. The van der Waals surface area contributed by atoms with Gasteiger partial charge in [0.15, 0.2) is 0 Å². The lowest BCUT2D eigenvalue weighted by molar-refractivity contribution is -0.117. The Kier molecular flexibility index (Phi) is 5.22. The monoisotopic (exact) mass is 387 g/mol. The summed E-state index contributed by atoms with van der Waals surface area (Å²) in [5.74, 6) is -0.927. The molecule has 0 bridgehead atoms. The van der Waals surface area contributed by atoms with Crippen LogP contribution in [0.1, 0.15) is 27.2 Å². The minimum absolute atomic E-state index is 0.0541. The molecule has 0 saturated carbocycles. The van der Waals surface area contributed by atoms with Gasteiger partial charge in [-0.25, -0.2) is 9.18 Å². The van der Waals surface area contributed by atoms with Crippen LogP contribution in [0.25, 0.3) is 5.69 Å². The summed E-state index contributed by atoms with van der Waals surface area (Å²) in [4.78, 5) is 37.4. The van der Waals surface area contributed by atoms with Crippen molar-refractivity contribution in [3.05, 3.63) is 58.8 Å². The molecule has 1 N–H and O–H groups in total. The van der Waals surface area contributed by atoms with Crippen LogP contribution in [0.5, 0.6) is 0 Å². The largest absolute Gasteiger partial charge is 0.444 e. The molecule has 1 aromatic carbocycles. The van der Waals surface area contributed by atoms with Crippen LogP contribution in [0.4, 0.5) is 14.9 Å². The van der Waals surface area contributed by atoms with Crippen molar-refractivity contribution in [2.24, 2.45) is 0 Å². The molecule has 0 radical (unpaired) electrons. The molecule has 1 aromatic heterocycles. The predicted molar refractivity (Wildman–Crippen MR) is 102 cm³/mol. The number of amides is 2. The highest BCUT2D eigenvalue weighted by atomic mass is 19.1. The van der Waals surface area contributed by atoms with Gasteiger partial charge in [-0.2, -0.15) is 0 Å². The summed E-state index contributed by atoms with van der Waals surface area (Å²) in [6.07, 6.45) is 0.975. The minimum atomic E-state index is -0.649. The number of aromatic nitrogens is 1. The number of hydrogen-bond acceptors (Lipinski definition) is 4. The van der Waals surface area contributed by atoms with Crippen LogP contribution in [-0.4, -0.2) is 34.8 Å². The van der Waals surface area contributed by atoms with Crippen LogP contribution in [0.3, 0.4) is 0 Å². The van der Waals surface area contributed by atoms with E-state index in [1.165, 1.54) is 27.7 Å². The number of rotatable bonds is 3. The molecule has 1 atom stereocenters. The van der Waals surface area contributed by atoms with Gasteiger partial charge in [0.05, 0.1) is 17.4 Å². The van der Waals surface area contributed by atoms with Crippen molar-refractivity contribution in [1.82, 2.24) is 9.88 Å². The Labute approximate surface area is 161 Å². The lowest BCUT2D eigenvalue weighted by Gasteiger charge is -2.22. The van der Waals surface area contributed by atoms with Gasteiger partial charge >= 0.3 is 6.09 Å². The number of halogens is 1. The van der Waals surface area contributed by atoms with Crippen LogP contribution in [0.2, 0.25) is 0 Å². The molecule has 1 saturated heterocycles. The zero-order chi connectivity index (χ0) is 20.5. The van der Waals surface area contributed by atoms with E-state index in [9.17, 15) is 18.8 Å². The molecule has 1 fully saturated rings. The maximum Gasteiger partial charge on any atom is 0.407 e. The Morgan fingerprint density at radius 1 is 1.21 bits per heavy atom. The average Bonchev–Trinajstić information content (AvgIpc) is 2.93. The number of alkyl carbamates (subject to hydrolysis) is 1. The predicted octanol–water partition coefficient (Wildman–Crippen LogP) is 2.61. The van der Waals surface area contributed by atoms with Crippen LogP contribution in [0, 0.1) is 5.82 Å². The van der Waals surface area contributed by atoms with Crippen molar-refractivity contribution in [1.29, 1.82) is 0 Å². The third-order valence-corrected chi connectivity index (χ3v) is 4.17. The van der Waals surface area contributed by atoms with Gasteiger partial charge in [0.25, 0.3) is 5.56 Å². The van der Waals surface area contributed by atoms with Gasteiger partial charge in [0, 0.05) is 31.3 Å². The van der Waals surface area contributed by atoms with Crippen molar-refractivity contribution in [3.63, 3.8) is 0 Å². The number of benzene rings is 1. The molecule has 1 unspecified atom stereocenters. The van der Waals surface area contributed by atoms with Crippen molar-refractivity contribution in [2.45, 2.75) is 38.8 Å². The average molecular weight is 387 g/mol. The van der Waals surface area contributed by atoms with Gasteiger partial charge in [-0.05, 0) is 39.0 Å². The molecule has 2 heterocycles. The molecule has 1 aliphatic heterocycles. The number of pyridine rings is 1. The molecule has 148 valence electrons. The van der Waals surface area contributed by atoms with E-state index in [1.54, 1.807) is 45.2 Å². The molecule has 2 amide bonds. The molecule has 2 aromatic rings. The van der Waals surface area contributed by atoms with Crippen LogP contribution in [-0.2, 0) is 9.53 Å². The number of nitrogens with one attached hydrogen (secondary N) is 1. The first kappa shape index (κ1) is 19.6. The fourth-order valence-corrected chi connectivity index (χ4v) is 3.02. The number of hydrogen-bond donors (Lipinski definition) is 1. The highest BCUT2D eigenvalue weighted by Gasteiger charge is 2.34.